The van der Waals surface area contributed by atoms with Crippen LogP contribution in [-0.2, 0) is 0 Å². The molecule has 0 heterocycles. The van der Waals surface area contributed by atoms with Crippen molar-refractivity contribution < 1.29 is 4.74 Å². The SMILES string of the molecule is CCOc1cccc(N=C=S)c1. The molecule has 0 aliphatic rings. The van der Waals surface area contributed by atoms with Gasteiger partial charge in [0.05, 0.1) is 17.5 Å². The molecule has 62 valence electrons. The monoisotopic (exact) mass is 179 g/mol. The first-order valence-corrected chi connectivity index (χ1v) is 4.08. The Morgan fingerprint density at radius 1 is 1.58 bits per heavy atom. The molecular formula is C9H9NOS. The Morgan fingerprint density at radius 3 is 3.08 bits per heavy atom. The van der Waals surface area contributed by atoms with Gasteiger partial charge in [-0.1, -0.05) is 6.07 Å². The zero-order valence-electron chi connectivity index (χ0n) is 6.78. The number of benzene rings is 1. The van der Waals surface area contributed by atoms with Gasteiger partial charge >= 0.3 is 0 Å². The quantitative estimate of drug-likeness (QED) is 0.525. The van der Waals surface area contributed by atoms with Gasteiger partial charge in [-0.15, -0.1) is 0 Å². The van der Waals surface area contributed by atoms with Crippen LogP contribution in [0.25, 0.3) is 0 Å². The molecule has 0 bridgehead atoms. The molecule has 3 heteroatoms. The normalized spacial score (nSPS) is 8.75. The number of isothiocyanates is 1. The Bertz CT molecular complexity index is 305. The maximum absolute atomic E-state index is 5.27. The third kappa shape index (κ3) is 2.46. The van der Waals surface area contributed by atoms with Crippen LogP contribution in [0.4, 0.5) is 5.69 Å². The van der Waals surface area contributed by atoms with Gasteiger partial charge in [-0.3, -0.25) is 0 Å². The van der Waals surface area contributed by atoms with Crippen LogP contribution in [0.1, 0.15) is 6.92 Å². The average Bonchev–Trinajstić information content (AvgIpc) is 2.06. The van der Waals surface area contributed by atoms with E-state index in [1.165, 1.54) is 0 Å². The van der Waals surface area contributed by atoms with Gasteiger partial charge in [0.15, 0.2) is 0 Å². The lowest BCUT2D eigenvalue weighted by Crippen LogP contribution is -1.89. The molecule has 0 amide bonds. The molecule has 0 aromatic heterocycles. The summed E-state index contributed by atoms with van der Waals surface area (Å²) in [5, 5.41) is 2.31. The summed E-state index contributed by atoms with van der Waals surface area (Å²) in [7, 11) is 0. The van der Waals surface area contributed by atoms with Crippen LogP contribution >= 0.6 is 12.2 Å². The Kier molecular flexibility index (Phi) is 3.45. The van der Waals surface area contributed by atoms with Gasteiger partial charge in [-0.25, -0.2) is 0 Å². The van der Waals surface area contributed by atoms with Crippen molar-refractivity contribution in [3.8, 4) is 5.75 Å². The van der Waals surface area contributed by atoms with E-state index in [1.807, 2.05) is 31.2 Å². The molecule has 0 N–H and O–H groups in total. The van der Waals surface area contributed by atoms with Crippen LogP contribution in [0.15, 0.2) is 29.3 Å². The molecule has 0 spiro atoms. The van der Waals surface area contributed by atoms with Crippen molar-refractivity contribution in [3.63, 3.8) is 0 Å². The molecular weight excluding hydrogens is 170 g/mol. The zero-order chi connectivity index (χ0) is 8.81. The molecule has 2 nitrogen and oxygen atoms in total. The molecule has 0 saturated heterocycles. The summed E-state index contributed by atoms with van der Waals surface area (Å²) in [6.45, 7) is 2.60. The highest BCUT2D eigenvalue weighted by molar-refractivity contribution is 7.78. The van der Waals surface area contributed by atoms with Crippen molar-refractivity contribution in [2.75, 3.05) is 6.61 Å². The molecule has 0 aliphatic heterocycles. The van der Waals surface area contributed by atoms with Gasteiger partial charge in [0.25, 0.3) is 0 Å². The molecule has 0 saturated carbocycles. The third-order valence-corrected chi connectivity index (χ3v) is 1.39. The minimum atomic E-state index is 0.657. The summed E-state index contributed by atoms with van der Waals surface area (Å²) < 4.78 is 5.27. The Hall–Kier alpha value is -1.18. The van der Waals surface area contributed by atoms with Crippen LogP contribution in [0.5, 0.6) is 5.75 Å². The number of hydrogen-bond donors (Lipinski definition) is 0. The molecule has 1 rings (SSSR count). The summed E-state index contributed by atoms with van der Waals surface area (Å²) in [6, 6.07) is 7.42. The van der Waals surface area contributed by atoms with E-state index in [2.05, 4.69) is 22.4 Å². The van der Waals surface area contributed by atoms with Crippen molar-refractivity contribution in [1.29, 1.82) is 0 Å². The highest BCUT2D eigenvalue weighted by Crippen LogP contribution is 2.18. The summed E-state index contributed by atoms with van der Waals surface area (Å²) in [5.74, 6) is 0.809. The van der Waals surface area contributed by atoms with Gasteiger partial charge in [-0.2, -0.15) is 4.99 Å². The fraction of sp³-hybridized carbons (Fsp3) is 0.222. The van der Waals surface area contributed by atoms with Crippen molar-refractivity contribution in [1.82, 2.24) is 0 Å². The van der Waals surface area contributed by atoms with E-state index in [0.29, 0.717) is 6.61 Å². The van der Waals surface area contributed by atoms with Crippen molar-refractivity contribution in [2.24, 2.45) is 4.99 Å². The minimum Gasteiger partial charge on any atom is -0.494 e. The molecule has 1 aromatic carbocycles. The second-order valence-corrected chi connectivity index (χ2v) is 2.32. The van der Waals surface area contributed by atoms with E-state index in [9.17, 15) is 0 Å². The van der Waals surface area contributed by atoms with Gasteiger partial charge in [0.2, 0.25) is 0 Å². The fourth-order valence-corrected chi connectivity index (χ4v) is 0.968. The lowest BCUT2D eigenvalue weighted by molar-refractivity contribution is 0.340. The highest BCUT2D eigenvalue weighted by atomic mass is 32.1. The predicted molar refractivity (Wildman–Crippen MR) is 52.3 cm³/mol. The van der Waals surface area contributed by atoms with E-state index in [4.69, 9.17) is 4.74 Å². The number of nitrogens with zero attached hydrogens (tertiary/aromatic N) is 1. The summed E-state index contributed by atoms with van der Waals surface area (Å²) in [5.41, 5.74) is 0.774. The van der Waals surface area contributed by atoms with E-state index >= 15 is 0 Å². The second kappa shape index (κ2) is 4.65. The fourth-order valence-electron chi connectivity index (χ4n) is 0.862. The molecule has 12 heavy (non-hydrogen) atoms. The molecule has 0 fully saturated rings. The lowest BCUT2D eigenvalue weighted by Gasteiger charge is -2.01. The first-order valence-electron chi connectivity index (χ1n) is 3.67. The average molecular weight is 179 g/mol. The first kappa shape index (κ1) is 8.91. The van der Waals surface area contributed by atoms with E-state index in [1.54, 1.807) is 0 Å². The standard InChI is InChI=1S/C9H9NOS/c1-2-11-9-5-3-4-8(6-9)10-7-12/h3-6H,2H2,1H3. The maximum atomic E-state index is 5.27. The Labute approximate surface area is 76.9 Å². The number of rotatable bonds is 3. The first-order chi connectivity index (χ1) is 5.86. The largest absolute Gasteiger partial charge is 0.494 e. The van der Waals surface area contributed by atoms with Crippen LogP contribution in [0, 0.1) is 0 Å². The van der Waals surface area contributed by atoms with Gasteiger partial charge in [0, 0.05) is 6.07 Å². The van der Waals surface area contributed by atoms with Crippen LogP contribution < -0.4 is 4.74 Å². The van der Waals surface area contributed by atoms with Gasteiger partial charge < -0.3 is 4.74 Å². The van der Waals surface area contributed by atoms with Crippen molar-refractivity contribution >= 4 is 23.1 Å². The van der Waals surface area contributed by atoms with Gasteiger partial charge in [-0.05, 0) is 31.3 Å². The summed E-state index contributed by atoms with van der Waals surface area (Å²) in [4.78, 5) is 3.83. The summed E-state index contributed by atoms with van der Waals surface area (Å²) >= 11 is 4.48. The maximum Gasteiger partial charge on any atom is 0.121 e. The number of ether oxygens (including phenoxy) is 1. The van der Waals surface area contributed by atoms with E-state index in [0.717, 1.165) is 11.4 Å². The smallest absolute Gasteiger partial charge is 0.121 e. The van der Waals surface area contributed by atoms with Gasteiger partial charge in [0.1, 0.15) is 5.75 Å². The molecule has 0 atom stereocenters. The summed E-state index contributed by atoms with van der Waals surface area (Å²) in [6.07, 6.45) is 0. The van der Waals surface area contributed by atoms with Crippen molar-refractivity contribution in [2.45, 2.75) is 6.92 Å². The van der Waals surface area contributed by atoms with Crippen LogP contribution in [-0.4, -0.2) is 11.8 Å². The molecule has 0 aliphatic carbocycles. The molecule has 1 aromatic rings. The topological polar surface area (TPSA) is 21.6 Å². The van der Waals surface area contributed by atoms with E-state index < -0.39 is 0 Å². The predicted octanol–water partition coefficient (Wildman–Crippen LogP) is 2.82. The lowest BCUT2D eigenvalue weighted by atomic mass is 10.3. The zero-order valence-corrected chi connectivity index (χ0v) is 7.60. The number of thiocarbonyl (C=S) groups is 1. The minimum absolute atomic E-state index is 0.657. The second-order valence-electron chi connectivity index (χ2n) is 2.13. The van der Waals surface area contributed by atoms with Crippen LogP contribution in [0.2, 0.25) is 0 Å². The van der Waals surface area contributed by atoms with Crippen molar-refractivity contribution in [3.05, 3.63) is 24.3 Å². The third-order valence-electron chi connectivity index (χ3n) is 1.30. The Morgan fingerprint density at radius 2 is 2.42 bits per heavy atom. The van der Waals surface area contributed by atoms with Crippen LogP contribution in [0.3, 0.4) is 0 Å². The van der Waals surface area contributed by atoms with E-state index in [-0.39, 0.29) is 0 Å². The number of aliphatic imine (C=N–C) groups is 1. The number of hydrogen-bond acceptors (Lipinski definition) is 3. The molecule has 0 radical (unpaired) electrons. The Balaban J connectivity index is 2.87. The highest BCUT2D eigenvalue weighted by Gasteiger charge is 1.92. The molecule has 0 unspecified atom stereocenters.